The minimum Gasteiger partial charge on any atom is -0.369 e. The second kappa shape index (κ2) is 5.83. The minimum atomic E-state index is -0.233. The van der Waals surface area contributed by atoms with Crippen LogP contribution in [0.4, 0.5) is 11.4 Å². The van der Waals surface area contributed by atoms with Gasteiger partial charge in [0.15, 0.2) is 0 Å². The number of benzene rings is 1. The highest BCUT2D eigenvalue weighted by atomic mass is 32.1. The zero-order chi connectivity index (χ0) is 14.8. The summed E-state index contributed by atoms with van der Waals surface area (Å²) in [6, 6.07) is 5.86. The number of carbonyl (C=O) groups excluding carboxylic acids is 1. The molecule has 2 N–H and O–H groups in total. The number of anilines is 2. The van der Waals surface area contributed by atoms with Crippen LogP contribution in [0.15, 0.2) is 29.1 Å². The van der Waals surface area contributed by atoms with Gasteiger partial charge in [0.1, 0.15) is 6.04 Å². The molecule has 0 saturated heterocycles. The third kappa shape index (κ3) is 2.77. The molecular formula is C15H18N4OS. The molecular weight excluding hydrogens is 284 g/mol. The molecule has 0 saturated carbocycles. The Morgan fingerprint density at radius 3 is 3.05 bits per heavy atom. The highest BCUT2D eigenvalue weighted by molar-refractivity contribution is 7.07. The van der Waals surface area contributed by atoms with Gasteiger partial charge in [-0.2, -0.15) is 0 Å². The summed E-state index contributed by atoms with van der Waals surface area (Å²) < 4.78 is 0. The monoisotopic (exact) mass is 302 g/mol. The lowest BCUT2D eigenvalue weighted by atomic mass is 10.1. The first-order valence-electron chi connectivity index (χ1n) is 6.95. The van der Waals surface area contributed by atoms with Crippen LogP contribution in [0.3, 0.4) is 0 Å². The molecule has 1 aliphatic rings. The van der Waals surface area contributed by atoms with E-state index in [2.05, 4.69) is 26.6 Å². The molecule has 0 radical (unpaired) electrons. The average molecular weight is 302 g/mol. The van der Waals surface area contributed by atoms with Crippen molar-refractivity contribution < 1.29 is 4.79 Å². The van der Waals surface area contributed by atoms with Crippen molar-refractivity contribution in [2.45, 2.75) is 19.5 Å². The van der Waals surface area contributed by atoms with Crippen molar-refractivity contribution in [3.05, 3.63) is 40.3 Å². The van der Waals surface area contributed by atoms with Crippen molar-refractivity contribution in [2.75, 3.05) is 23.8 Å². The first-order valence-corrected chi connectivity index (χ1v) is 7.89. The normalized spacial score (nSPS) is 16.7. The van der Waals surface area contributed by atoms with Gasteiger partial charge in [0.05, 0.1) is 17.7 Å². The summed E-state index contributed by atoms with van der Waals surface area (Å²) >= 11 is 1.60. The van der Waals surface area contributed by atoms with Crippen LogP contribution in [0, 0.1) is 0 Å². The summed E-state index contributed by atoms with van der Waals surface area (Å²) in [6.07, 6.45) is 0. The molecule has 2 heterocycles. The van der Waals surface area contributed by atoms with Gasteiger partial charge in [-0.1, -0.05) is 13.0 Å². The molecule has 1 aromatic carbocycles. The van der Waals surface area contributed by atoms with Gasteiger partial charge >= 0.3 is 0 Å². The van der Waals surface area contributed by atoms with Crippen molar-refractivity contribution >= 4 is 28.6 Å². The Labute approximate surface area is 128 Å². The topological polar surface area (TPSA) is 57.3 Å². The van der Waals surface area contributed by atoms with E-state index in [1.54, 1.807) is 11.3 Å². The molecule has 2 aromatic rings. The number of nitrogens with one attached hydrogen (secondary N) is 2. The van der Waals surface area contributed by atoms with Gasteiger partial charge < -0.3 is 15.5 Å². The van der Waals surface area contributed by atoms with Crippen molar-refractivity contribution in [3.8, 4) is 0 Å². The number of rotatable bonds is 5. The molecule has 0 bridgehead atoms. The lowest BCUT2D eigenvalue weighted by molar-refractivity contribution is -0.117. The third-order valence-corrected chi connectivity index (χ3v) is 4.23. The van der Waals surface area contributed by atoms with Crippen LogP contribution in [0.5, 0.6) is 0 Å². The smallest absolute Gasteiger partial charge is 0.246 e. The van der Waals surface area contributed by atoms with E-state index in [9.17, 15) is 4.79 Å². The number of thiazole rings is 1. The summed E-state index contributed by atoms with van der Waals surface area (Å²) in [7, 11) is 2.03. The van der Waals surface area contributed by atoms with E-state index >= 15 is 0 Å². The molecule has 3 rings (SSSR count). The SMILES string of the molecule is CCNC1C(=O)Nc2cc(N(C)Cc3cscn3)ccc21. The lowest BCUT2D eigenvalue weighted by Crippen LogP contribution is -2.27. The van der Waals surface area contributed by atoms with E-state index in [0.717, 1.165) is 35.7 Å². The number of hydrogen-bond acceptors (Lipinski definition) is 5. The number of hydrogen-bond donors (Lipinski definition) is 2. The van der Waals surface area contributed by atoms with Crippen LogP contribution < -0.4 is 15.5 Å². The van der Waals surface area contributed by atoms with Crippen LogP contribution in [-0.4, -0.2) is 24.5 Å². The Morgan fingerprint density at radius 1 is 1.48 bits per heavy atom. The number of aromatic nitrogens is 1. The highest BCUT2D eigenvalue weighted by Gasteiger charge is 2.29. The number of likely N-dealkylation sites (N-methyl/N-ethyl adjacent to an activating group) is 1. The molecule has 5 nitrogen and oxygen atoms in total. The van der Waals surface area contributed by atoms with Gasteiger partial charge in [-0.15, -0.1) is 11.3 Å². The maximum absolute atomic E-state index is 12.0. The van der Waals surface area contributed by atoms with Crippen LogP contribution in [-0.2, 0) is 11.3 Å². The molecule has 1 amide bonds. The summed E-state index contributed by atoms with van der Waals surface area (Å²) in [5.74, 6) is 0.0196. The maximum atomic E-state index is 12.0. The van der Waals surface area contributed by atoms with E-state index in [1.165, 1.54) is 0 Å². The minimum absolute atomic E-state index is 0.0196. The van der Waals surface area contributed by atoms with E-state index in [0.29, 0.717) is 0 Å². The summed E-state index contributed by atoms with van der Waals surface area (Å²) in [5, 5.41) is 8.19. The Hall–Kier alpha value is -1.92. The summed E-state index contributed by atoms with van der Waals surface area (Å²) in [4.78, 5) is 18.4. The molecule has 6 heteroatoms. The summed E-state index contributed by atoms with van der Waals surface area (Å²) in [5.41, 5.74) is 5.88. The number of amides is 1. The molecule has 0 aliphatic carbocycles. The molecule has 1 aromatic heterocycles. The van der Waals surface area contributed by atoms with Gasteiger partial charge in [-0.3, -0.25) is 4.79 Å². The lowest BCUT2D eigenvalue weighted by Gasteiger charge is -2.19. The van der Waals surface area contributed by atoms with Crippen LogP contribution in [0.2, 0.25) is 0 Å². The number of fused-ring (bicyclic) bond motifs is 1. The average Bonchev–Trinajstić information content (AvgIpc) is 3.07. The maximum Gasteiger partial charge on any atom is 0.246 e. The van der Waals surface area contributed by atoms with Gasteiger partial charge in [0.2, 0.25) is 5.91 Å². The Kier molecular flexibility index (Phi) is 3.90. The molecule has 1 atom stereocenters. The Balaban J connectivity index is 1.80. The zero-order valence-electron chi connectivity index (χ0n) is 12.1. The van der Waals surface area contributed by atoms with E-state index in [-0.39, 0.29) is 11.9 Å². The molecule has 110 valence electrons. The van der Waals surface area contributed by atoms with Crippen molar-refractivity contribution in [3.63, 3.8) is 0 Å². The second-order valence-electron chi connectivity index (χ2n) is 5.09. The quantitative estimate of drug-likeness (QED) is 0.890. The summed E-state index contributed by atoms with van der Waals surface area (Å²) in [6.45, 7) is 3.52. The van der Waals surface area contributed by atoms with Gasteiger partial charge in [-0.05, 0) is 18.7 Å². The molecule has 21 heavy (non-hydrogen) atoms. The van der Waals surface area contributed by atoms with E-state index in [1.807, 2.05) is 37.0 Å². The second-order valence-corrected chi connectivity index (χ2v) is 5.81. The van der Waals surface area contributed by atoms with Crippen LogP contribution in [0.25, 0.3) is 0 Å². The van der Waals surface area contributed by atoms with Gasteiger partial charge in [0, 0.05) is 29.4 Å². The van der Waals surface area contributed by atoms with Crippen LogP contribution >= 0.6 is 11.3 Å². The standard InChI is InChI=1S/C15H18N4OS/c1-3-16-14-12-5-4-11(6-13(12)18-15(14)20)19(2)7-10-8-21-9-17-10/h4-6,8-9,14,16H,3,7H2,1-2H3,(H,18,20). The van der Waals surface area contributed by atoms with Crippen molar-refractivity contribution in [1.29, 1.82) is 0 Å². The molecule has 1 unspecified atom stereocenters. The first kappa shape index (κ1) is 14.0. The largest absolute Gasteiger partial charge is 0.369 e. The zero-order valence-corrected chi connectivity index (χ0v) is 12.9. The van der Waals surface area contributed by atoms with E-state index < -0.39 is 0 Å². The fourth-order valence-corrected chi connectivity index (χ4v) is 3.09. The number of nitrogens with zero attached hydrogens (tertiary/aromatic N) is 2. The van der Waals surface area contributed by atoms with Gasteiger partial charge in [0.25, 0.3) is 0 Å². The highest BCUT2D eigenvalue weighted by Crippen LogP contribution is 2.34. The molecule has 0 fully saturated rings. The third-order valence-electron chi connectivity index (χ3n) is 3.60. The number of carbonyl (C=O) groups is 1. The van der Waals surface area contributed by atoms with Gasteiger partial charge in [-0.25, -0.2) is 4.98 Å². The predicted molar refractivity (Wildman–Crippen MR) is 85.7 cm³/mol. The fourth-order valence-electron chi connectivity index (χ4n) is 2.54. The molecule has 1 aliphatic heterocycles. The van der Waals surface area contributed by atoms with E-state index in [4.69, 9.17) is 0 Å². The predicted octanol–water partition coefficient (Wildman–Crippen LogP) is 2.38. The van der Waals surface area contributed by atoms with Crippen molar-refractivity contribution in [1.82, 2.24) is 10.3 Å². The molecule has 0 spiro atoms. The Morgan fingerprint density at radius 2 is 2.33 bits per heavy atom. The van der Waals surface area contributed by atoms with Crippen LogP contribution in [0.1, 0.15) is 24.2 Å². The van der Waals surface area contributed by atoms with Crippen molar-refractivity contribution in [2.24, 2.45) is 0 Å². The fraction of sp³-hybridized carbons (Fsp3) is 0.333. The Bertz CT molecular complexity index is 641. The first-order chi connectivity index (χ1) is 10.2.